The first-order valence-electron chi connectivity index (χ1n) is 10.3. The minimum Gasteiger partial charge on any atom is -0.384 e. The molecule has 0 aromatic carbocycles. The van der Waals surface area contributed by atoms with Crippen LogP contribution < -0.4 is 16.0 Å². The molecule has 0 fully saturated rings. The summed E-state index contributed by atoms with van der Waals surface area (Å²) in [6.45, 7) is 4.87. The molecule has 4 aromatic heterocycles. The van der Waals surface area contributed by atoms with Crippen molar-refractivity contribution in [2.75, 3.05) is 22.5 Å². The first-order chi connectivity index (χ1) is 15.5. The summed E-state index contributed by atoms with van der Waals surface area (Å²) in [7, 11) is 1.91. The number of unbranched alkanes of at least 4 members (excludes halogenated alkanes) is 1. The smallest absolute Gasteiger partial charge is 0.164 e. The van der Waals surface area contributed by atoms with E-state index in [-0.39, 0.29) is 0 Å². The lowest BCUT2D eigenvalue weighted by molar-refractivity contribution is 0.777. The molecule has 0 amide bonds. The van der Waals surface area contributed by atoms with E-state index in [2.05, 4.69) is 43.1 Å². The van der Waals surface area contributed by atoms with Crippen molar-refractivity contribution < 1.29 is 0 Å². The van der Waals surface area contributed by atoms with Gasteiger partial charge in [-0.1, -0.05) is 13.3 Å². The van der Waals surface area contributed by atoms with Gasteiger partial charge in [-0.3, -0.25) is 0 Å². The number of nitrogens with two attached hydrogens (primary N) is 1. The molecular formula is C22H24N10. The maximum absolute atomic E-state index is 9.20. The summed E-state index contributed by atoms with van der Waals surface area (Å²) >= 11 is 0. The number of rotatable bonds is 7. The number of nitrogens with one attached hydrogen (secondary N) is 1. The van der Waals surface area contributed by atoms with Crippen LogP contribution in [0.4, 0.5) is 28.8 Å². The second-order valence-corrected chi connectivity index (χ2v) is 7.48. The second kappa shape index (κ2) is 8.85. The quantitative estimate of drug-likeness (QED) is 0.452. The summed E-state index contributed by atoms with van der Waals surface area (Å²) in [5.74, 6) is 1.68. The molecule has 0 saturated heterocycles. The van der Waals surface area contributed by atoms with Crippen LogP contribution in [0, 0.1) is 18.3 Å². The minimum atomic E-state index is 0.373. The van der Waals surface area contributed by atoms with E-state index in [0.717, 1.165) is 53.3 Å². The van der Waals surface area contributed by atoms with Crippen LogP contribution in [0.5, 0.6) is 0 Å². The highest BCUT2D eigenvalue weighted by Gasteiger charge is 2.19. The summed E-state index contributed by atoms with van der Waals surface area (Å²) in [5, 5.41) is 12.5. The summed E-state index contributed by atoms with van der Waals surface area (Å²) < 4.78 is 1.88. The van der Waals surface area contributed by atoms with Gasteiger partial charge in [-0.15, -0.1) is 0 Å². The molecule has 0 atom stereocenters. The fourth-order valence-corrected chi connectivity index (χ4v) is 3.46. The van der Waals surface area contributed by atoms with Crippen molar-refractivity contribution >= 4 is 40.0 Å². The van der Waals surface area contributed by atoms with Gasteiger partial charge in [-0.2, -0.15) is 5.26 Å². The first-order valence-corrected chi connectivity index (χ1v) is 10.3. The Balaban J connectivity index is 1.85. The van der Waals surface area contributed by atoms with Crippen LogP contribution in [0.1, 0.15) is 31.0 Å². The molecule has 0 aliphatic rings. The lowest BCUT2D eigenvalue weighted by Crippen LogP contribution is -2.21. The fourth-order valence-electron chi connectivity index (χ4n) is 3.46. The molecule has 0 unspecified atom stereocenters. The number of fused-ring (bicyclic) bond motifs is 1. The Morgan fingerprint density at radius 2 is 2.03 bits per heavy atom. The highest BCUT2D eigenvalue weighted by atomic mass is 15.2. The van der Waals surface area contributed by atoms with E-state index in [1.165, 1.54) is 6.33 Å². The van der Waals surface area contributed by atoms with Crippen LogP contribution in [0.3, 0.4) is 0 Å². The molecule has 0 spiro atoms. The van der Waals surface area contributed by atoms with Gasteiger partial charge in [0, 0.05) is 25.7 Å². The number of aryl methyl sites for hydroxylation is 2. The van der Waals surface area contributed by atoms with Gasteiger partial charge >= 0.3 is 0 Å². The number of imidazole rings is 1. The first kappa shape index (κ1) is 21.0. The molecule has 4 heterocycles. The van der Waals surface area contributed by atoms with Gasteiger partial charge in [0.2, 0.25) is 0 Å². The van der Waals surface area contributed by atoms with Crippen LogP contribution in [0.15, 0.2) is 37.1 Å². The van der Waals surface area contributed by atoms with Crippen LogP contribution in [-0.2, 0) is 7.05 Å². The molecule has 32 heavy (non-hydrogen) atoms. The third kappa shape index (κ3) is 4.13. The van der Waals surface area contributed by atoms with E-state index in [1.54, 1.807) is 24.7 Å². The molecule has 10 nitrogen and oxygen atoms in total. The lowest BCUT2D eigenvalue weighted by Gasteiger charge is -2.26. The van der Waals surface area contributed by atoms with Crippen molar-refractivity contribution in [3.05, 3.63) is 48.3 Å². The Morgan fingerprint density at radius 3 is 2.75 bits per heavy atom. The number of aromatic nitrogens is 6. The Morgan fingerprint density at radius 1 is 1.19 bits per heavy atom. The molecular weight excluding hydrogens is 404 g/mol. The standard InChI is InChI=1S/C22H24N10/c1-4-5-6-32(17-11-25-15(10-23)7-14(17)2)20-8-16(21-22(30-20)31(3)13-28-21)29-19-9-18(24)26-12-27-19/h7-9,11-13H,4-6H2,1-3H3,(H3,24,26,27,29,30). The van der Waals surface area contributed by atoms with Gasteiger partial charge < -0.3 is 20.5 Å². The van der Waals surface area contributed by atoms with Crippen molar-refractivity contribution in [3.63, 3.8) is 0 Å². The van der Waals surface area contributed by atoms with E-state index in [1.807, 2.05) is 24.6 Å². The zero-order valence-corrected chi connectivity index (χ0v) is 18.2. The van der Waals surface area contributed by atoms with Crippen molar-refractivity contribution in [1.82, 2.24) is 29.5 Å². The van der Waals surface area contributed by atoms with Crippen LogP contribution >= 0.6 is 0 Å². The normalized spacial score (nSPS) is 10.8. The summed E-state index contributed by atoms with van der Waals surface area (Å²) in [4.78, 5) is 24.0. The molecule has 4 rings (SSSR count). The fraction of sp³-hybridized carbons (Fsp3) is 0.273. The third-order valence-corrected chi connectivity index (χ3v) is 5.11. The Kier molecular flexibility index (Phi) is 5.81. The summed E-state index contributed by atoms with van der Waals surface area (Å²) in [6.07, 6.45) is 6.87. The highest BCUT2D eigenvalue weighted by molar-refractivity contribution is 5.90. The predicted octanol–water partition coefficient (Wildman–Crippen LogP) is 3.60. The molecule has 4 aromatic rings. The van der Waals surface area contributed by atoms with Crippen molar-refractivity contribution in [2.24, 2.45) is 7.05 Å². The van der Waals surface area contributed by atoms with Crippen LogP contribution in [-0.4, -0.2) is 36.0 Å². The van der Waals surface area contributed by atoms with Crippen LogP contribution in [0.25, 0.3) is 11.2 Å². The van der Waals surface area contributed by atoms with Gasteiger partial charge in [-0.05, 0) is 25.0 Å². The molecule has 0 radical (unpaired) electrons. The molecule has 0 aliphatic heterocycles. The molecule has 0 aliphatic carbocycles. The third-order valence-electron chi connectivity index (χ3n) is 5.11. The predicted molar refractivity (Wildman–Crippen MR) is 124 cm³/mol. The molecule has 0 bridgehead atoms. The van der Waals surface area contributed by atoms with Gasteiger partial charge in [0.15, 0.2) is 5.65 Å². The monoisotopic (exact) mass is 428 g/mol. The van der Waals surface area contributed by atoms with Gasteiger partial charge in [0.05, 0.1) is 23.9 Å². The lowest BCUT2D eigenvalue weighted by atomic mass is 10.1. The molecule has 10 heteroatoms. The van der Waals surface area contributed by atoms with E-state index in [0.29, 0.717) is 17.3 Å². The highest BCUT2D eigenvalue weighted by Crippen LogP contribution is 2.33. The zero-order chi connectivity index (χ0) is 22.7. The molecule has 3 N–H and O–H groups in total. The van der Waals surface area contributed by atoms with Gasteiger partial charge in [-0.25, -0.2) is 24.9 Å². The maximum Gasteiger partial charge on any atom is 0.164 e. The number of pyridine rings is 2. The molecule has 162 valence electrons. The van der Waals surface area contributed by atoms with E-state index in [4.69, 9.17) is 10.7 Å². The zero-order valence-electron chi connectivity index (χ0n) is 18.2. The summed E-state index contributed by atoms with van der Waals surface area (Å²) in [5.41, 5.74) is 10.3. The Labute approximate surface area is 185 Å². The summed E-state index contributed by atoms with van der Waals surface area (Å²) in [6, 6.07) is 7.50. The Hall–Kier alpha value is -4.26. The topological polar surface area (TPSA) is 134 Å². The largest absolute Gasteiger partial charge is 0.384 e. The van der Waals surface area contributed by atoms with Crippen molar-refractivity contribution in [2.45, 2.75) is 26.7 Å². The maximum atomic E-state index is 9.20. The molecule has 0 saturated carbocycles. The number of hydrogen-bond donors (Lipinski definition) is 2. The number of hydrogen-bond acceptors (Lipinski definition) is 9. The van der Waals surface area contributed by atoms with E-state index in [9.17, 15) is 5.26 Å². The number of nitrogen functional groups attached to an aromatic ring is 1. The minimum absolute atomic E-state index is 0.373. The average molecular weight is 429 g/mol. The van der Waals surface area contributed by atoms with Crippen molar-refractivity contribution in [3.8, 4) is 6.07 Å². The van der Waals surface area contributed by atoms with Gasteiger partial charge in [0.1, 0.15) is 41.1 Å². The van der Waals surface area contributed by atoms with Gasteiger partial charge in [0.25, 0.3) is 0 Å². The number of nitrogens with zero attached hydrogens (tertiary/aromatic N) is 8. The van der Waals surface area contributed by atoms with Crippen LogP contribution in [0.2, 0.25) is 0 Å². The SMILES string of the molecule is CCCCN(c1cc(Nc2cc(N)ncn2)c2ncn(C)c2n1)c1cnc(C#N)cc1C. The number of nitriles is 1. The van der Waals surface area contributed by atoms with Crippen molar-refractivity contribution in [1.29, 1.82) is 5.26 Å². The van der Waals surface area contributed by atoms with E-state index < -0.39 is 0 Å². The average Bonchev–Trinajstić information content (AvgIpc) is 3.16. The second-order valence-electron chi connectivity index (χ2n) is 7.48. The Bertz CT molecular complexity index is 1300. The van der Waals surface area contributed by atoms with E-state index >= 15 is 0 Å². The number of anilines is 5.